The molecule has 0 radical (unpaired) electrons. The topological polar surface area (TPSA) is 45.0 Å². The van der Waals surface area contributed by atoms with Gasteiger partial charge >= 0.3 is 0 Å². The third kappa shape index (κ3) is 3.75. The summed E-state index contributed by atoms with van der Waals surface area (Å²) < 4.78 is 5.75. The Hall–Kier alpha value is -2.02. The molecule has 3 nitrogen and oxygen atoms in total. The van der Waals surface area contributed by atoms with Gasteiger partial charge in [0.05, 0.1) is 5.56 Å². The van der Waals surface area contributed by atoms with Gasteiger partial charge in [-0.2, -0.15) is 5.26 Å². The van der Waals surface area contributed by atoms with E-state index in [1.165, 1.54) is 12.8 Å². The van der Waals surface area contributed by atoms with Crippen LogP contribution in [-0.2, 0) is 6.54 Å². The van der Waals surface area contributed by atoms with Crippen molar-refractivity contribution in [2.45, 2.75) is 25.4 Å². The number of nitriles is 1. The Kier molecular flexibility index (Phi) is 4.10. The summed E-state index contributed by atoms with van der Waals surface area (Å²) in [6, 6.07) is 15.7. The van der Waals surface area contributed by atoms with Crippen molar-refractivity contribution >= 4 is 11.6 Å². The molecule has 0 aliphatic heterocycles. The largest absolute Gasteiger partial charge is 0.456 e. The van der Waals surface area contributed by atoms with E-state index in [0.29, 0.717) is 28.1 Å². The van der Waals surface area contributed by atoms with Crippen LogP contribution in [0.2, 0.25) is 5.02 Å². The molecule has 21 heavy (non-hydrogen) atoms. The minimum absolute atomic E-state index is 0.532. The molecule has 1 aliphatic carbocycles. The lowest BCUT2D eigenvalue weighted by molar-refractivity contribution is 0.481. The molecule has 0 saturated heterocycles. The second-order valence-electron chi connectivity index (χ2n) is 5.16. The maximum absolute atomic E-state index is 9.29. The zero-order valence-electron chi connectivity index (χ0n) is 11.5. The lowest BCUT2D eigenvalue weighted by atomic mass is 10.1. The summed E-state index contributed by atoms with van der Waals surface area (Å²) in [7, 11) is 0. The quantitative estimate of drug-likeness (QED) is 0.897. The van der Waals surface area contributed by atoms with Crippen molar-refractivity contribution in [3.05, 3.63) is 58.6 Å². The third-order valence-corrected chi connectivity index (χ3v) is 3.60. The number of halogens is 1. The van der Waals surface area contributed by atoms with E-state index < -0.39 is 0 Å². The predicted molar refractivity (Wildman–Crippen MR) is 82.5 cm³/mol. The zero-order chi connectivity index (χ0) is 14.7. The first-order valence-electron chi connectivity index (χ1n) is 6.94. The third-order valence-electron chi connectivity index (χ3n) is 3.36. The van der Waals surface area contributed by atoms with Gasteiger partial charge in [0.2, 0.25) is 0 Å². The number of hydrogen-bond donors (Lipinski definition) is 1. The molecule has 0 bridgehead atoms. The summed E-state index contributed by atoms with van der Waals surface area (Å²) in [5, 5.41) is 13.3. The highest BCUT2D eigenvalue weighted by Gasteiger charge is 2.20. The Bertz CT molecular complexity index is 689. The SMILES string of the molecule is N#Cc1cc(CNC2CC2)ccc1Oc1cccc(Cl)c1. The van der Waals surface area contributed by atoms with Crippen molar-refractivity contribution in [3.63, 3.8) is 0 Å². The molecule has 1 aliphatic rings. The summed E-state index contributed by atoms with van der Waals surface area (Å²) in [5.74, 6) is 1.18. The van der Waals surface area contributed by atoms with Gasteiger partial charge in [-0.1, -0.05) is 23.7 Å². The van der Waals surface area contributed by atoms with E-state index in [1.807, 2.05) is 30.3 Å². The van der Waals surface area contributed by atoms with Gasteiger partial charge < -0.3 is 10.1 Å². The van der Waals surface area contributed by atoms with E-state index in [4.69, 9.17) is 16.3 Å². The van der Waals surface area contributed by atoms with Gasteiger partial charge in [0, 0.05) is 17.6 Å². The van der Waals surface area contributed by atoms with Crippen LogP contribution >= 0.6 is 11.6 Å². The smallest absolute Gasteiger partial charge is 0.145 e. The molecule has 0 aromatic heterocycles. The first-order chi connectivity index (χ1) is 10.2. The first kappa shape index (κ1) is 13.9. The fourth-order valence-electron chi connectivity index (χ4n) is 2.07. The summed E-state index contributed by atoms with van der Waals surface area (Å²) in [6.07, 6.45) is 2.50. The van der Waals surface area contributed by atoms with E-state index in [1.54, 1.807) is 12.1 Å². The lowest BCUT2D eigenvalue weighted by Crippen LogP contribution is -2.15. The Morgan fingerprint density at radius 3 is 2.81 bits per heavy atom. The second-order valence-corrected chi connectivity index (χ2v) is 5.59. The monoisotopic (exact) mass is 298 g/mol. The fraction of sp³-hybridized carbons (Fsp3) is 0.235. The number of rotatable bonds is 5. The highest BCUT2D eigenvalue weighted by molar-refractivity contribution is 6.30. The molecule has 2 aromatic rings. The second kappa shape index (κ2) is 6.17. The summed E-state index contributed by atoms with van der Waals surface area (Å²) in [4.78, 5) is 0. The van der Waals surface area contributed by atoms with Crippen molar-refractivity contribution in [2.24, 2.45) is 0 Å². The maximum Gasteiger partial charge on any atom is 0.145 e. The number of ether oxygens (including phenoxy) is 1. The van der Waals surface area contributed by atoms with Gasteiger partial charge in [-0.3, -0.25) is 0 Å². The van der Waals surface area contributed by atoms with Gasteiger partial charge in [-0.15, -0.1) is 0 Å². The van der Waals surface area contributed by atoms with Crippen LogP contribution < -0.4 is 10.1 Å². The Morgan fingerprint density at radius 1 is 1.24 bits per heavy atom. The van der Waals surface area contributed by atoms with E-state index in [0.717, 1.165) is 12.1 Å². The lowest BCUT2D eigenvalue weighted by Gasteiger charge is -2.10. The molecule has 4 heteroatoms. The molecule has 0 atom stereocenters. The van der Waals surface area contributed by atoms with E-state index >= 15 is 0 Å². The molecular weight excluding hydrogens is 284 g/mol. The molecule has 3 rings (SSSR count). The Balaban J connectivity index is 1.76. The fourth-order valence-corrected chi connectivity index (χ4v) is 2.25. The van der Waals surface area contributed by atoms with E-state index in [-0.39, 0.29) is 0 Å². The Morgan fingerprint density at radius 2 is 2.10 bits per heavy atom. The summed E-state index contributed by atoms with van der Waals surface area (Å²) >= 11 is 5.93. The van der Waals surface area contributed by atoms with Gasteiger partial charge in [0.15, 0.2) is 0 Å². The molecule has 1 N–H and O–H groups in total. The minimum Gasteiger partial charge on any atom is -0.456 e. The molecule has 0 spiro atoms. The van der Waals surface area contributed by atoms with E-state index in [9.17, 15) is 5.26 Å². The van der Waals surface area contributed by atoms with Crippen LogP contribution in [0.3, 0.4) is 0 Å². The normalized spacial score (nSPS) is 13.7. The summed E-state index contributed by atoms with van der Waals surface area (Å²) in [6.45, 7) is 0.788. The average Bonchev–Trinajstić information content (AvgIpc) is 3.30. The average molecular weight is 299 g/mol. The highest BCUT2D eigenvalue weighted by atomic mass is 35.5. The number of hydrogen-bond acceptors (Lipinski definition) is 3. The van der Waals surface area contributed by atoms with Crippen LogP contribution in [0, 0.1) is 11.3 Å². The molecule has 0 amide bonds. The van der Waals surface area contributed by atoms with Crippen molar-refractivity contribution in [2.75, 3.05) is 0 Å². The van der Waals surface area contributed by atoms with Crippen molar-refractivity contribution < 1.29 is 4.74 Å². The van der Waals surface area contributed by atoms with Gasteiger partial charge in [-0.25, -0.2) is 0 Å². The van der Waals surface area contributed by atoms with Gasteiger partial charge in [0.25, 0.3) is 0 Å². The zero-order valence-corrected chi connectivity index (χ0v) is 12.2. The highest BCUT2D eigenvalue weighted by Crippen LogP contribution is 2.28. The molecule has 106 valence electrons. The molecular formula is C17H15ClN2O. The molecule has 0 heterocycles. The molecule has 1 saturated carbocycles. The summed E-state index contributed by atoms with van der Waals surface area (Å²) in [5.41, 5.74) is 1.63. The van der Waals surface area contributed by atoms with Crippen molar-refractivity contribution in [1.82, 2.24) is 5.32 Å². The van der Waals surface area contributed by atoms with Crippen molar-refractivity contribution in [3.8, 4) is 17.6 Å². The standard InChI is InChI=1S/C17H15ClN2O/c18-14-2-1-3-16(9-14)21-17-7-4-12(8-13(17)10-19)11-20-15-5-6-15/h1-4,7-9,15,20H,5-6,11H2. The molecule has 0 unspecified atom stereocenters. The first-order valence-corrected chi connectivity index (χ1v) is 7.32. The number of nitrogens with one attached hydrogen (secondary N) is 1. The van der Waals surface area contributed by atoms with Crippen LogP contribution in [0.15, 0.2) is 42.5 Å². The van der Waals surface area contributed by atoms with Crippen LogP contribution in [0.25, 0.3) is 0 Å². The molecule has 1 fully saturated rings. The van der Waals surface area contributed by atoms with Gasteiger partial charge in [-0.05, 0) is 48.7 Å². The van der Waals surface area contributed by atoms with Gasteiger partial charge in [0.1, 0.15) is 17.6 Å². The van der Waals surface area contributed by atoms with Crippen LogP contribution in [0.5, 0.6) is 11.5 Å². The van der Waals surface area contributed by atoms with Crippen LogP contribution in [0.4, 0.5) is 0 Å². The number of nitrogens with zero attached hydrogens (tertiary/aromatic N) is 1. The van der Waals surface area contributed by atoms with E-state index in [2.05, 4.69) is 11.4 Å². The Labute approximate surface area is 129 Å². The minimum atomic E-state index is 0.532. The van der Waals surface area contributed by atoms with Crippen molar-refractivity contribution in [1.29, 1.82) is 5.26 Å². The maximum atomic E-state index is 9.29. The molecule has 2 aromatic carbocycles. The van der Waals surface area contributed by atoms with Crippen LogP contribution in [0.1, 0.15) is 24.0 Å². The predicted octanol–water partition coefficient (Wildman–Crippen LogP) is 4.26. The van der Waals surface area contributed by atoms with Crippen LogP contribution in [-0.4, -0.2) is 6.04 Å². The number of benzene rings is 2.